The van der Waals surface area contributed by atoms with E-state index in [0.29, 0.717) is 0 Å². The van der Waals surface area contributed by atoms with E-state index in [0.717, 1.165) is 5.56 Å². The number of hydrogen-bond acceptors (Lipinski definition) is 1. The summed E-state index contributed by atoms with van der Waals surface area (Å²) < 4.78 is 0. The molecule has 0 spiro atoms. The van der Waals surface area contributed by atoms with Crippen molar-refractivity contribution < 1.29 is 0 Å². The summed E-state index contributed by atoms with van der Waals surface area (Å²) in [6.07, 6.45) is 1.38. The topological polar surface area (TPSA) is 23.9 Å². The molecular formula is C14H13N. The quantitative estimate of drug-likeness (QED) is 0.707. The Morgan fingerprint density at radius 3 is 2.53 bits per heavy atom. The molecule has 15 heavy (non-hydrogen) atoms. The van der Waals surface area contributed by atoms with E-state index in [9.17, 15) is 0 Å². The van der Waals surface area contributed by atoms with Gasteiger partial charge < -0.3 is 5.41 Å². The SMILES string of the molecule is Cc1ccccc1-c1cccc(C=N)c1. The van der Waals surface area contributed by atoms with Crippen LogP contribution in [0.1, 0.15) is 11.1 Å². The van der Waals surface area contributed by atoms with E-state index in [2.05, 4.69) is 25.1 Å². The van der Waals surface area contributed by atoms with Crippen LogP contribution in [-0.4, -0.2) is 6.21 Å². The highest BCUT2D eigenvalue weighted by Gasteiger charge is 2.00. The van der Waals surface area contributed by atoms with Crippen LogP contribution in [-0.2, 0) is 0 Å². The average molecular weight is 195 g/mol. The molecular weight excluding hydrogens is 182 g/mol. The van der Waals surface area contributed by atoms with E-state index >= 15 is 0 Å². The Labute approximate surface area is 89.9 Å². The van der Waals surface area contributed by atoms with Crippen LogP contribution < -0.4 is 0 Å². The van der Waals surface area contributed by atoms with Crippen molar-refractivity contribution in [2.45, 2.75) is 6.92 Å². The summed E-state index contributed by atoms with van der Waals surface area (Å²) in [6.45, 7) is 2.10. The summed E-state index contributed by atoms with van der Waals surface area (Å²) in [5.74, 6) is 0. The summed E-state index contributed by atoms with van der Waals surface area (Å²) in [7, 11) is 0. The van der Waals surface area contributed by atoms with Crippen molar-refractivity contribution in [3.05, 3.63) is 59.7 Å². The molecule has 0 saturated carbocycles. The maximum atomic E-state index is 7.23. The van der Waals surface area contributed by atoms with Gasteiger partial charge in [0.05, 0.1) is 0 Å². The number of hydrogen-bond donors (Lipinski definition) is 1. The van der Waals surface area contributed by atoms with Crippen molar-refractivity contribution >= 4 is 6.21 Å². The molecule has 0 fully saturated rings. The molecule has 74 valence electrons. The highest BCUT2D eigenvalue weighted by Crippen LogP contribution is 2.23. The lowest BCUT2D eigenvalue weighted by Crippen LogP contribution is -1.85. The van der Waals surface area contributed by atoms with Crippen LogP contribution in [0.15, 0.2) is 48.5 Å². The van der Waals surface area contributed by atoms with Gasteiger partial charge in [-0.05, 0) is 35.2 Å². The molecule has 0 saturated heterocycles. The van der Waals surface area contributed by atoms with Crippen LogP contribution in [0.5, 0.6) is 0 Å². The Morgan fingerprint density at radius 1 is 1.00 bits per heavy atom. The Morgan fingerprint density at radius 2 is 1.80 bits per heavy atom. The standard InChI is InChI=1S/C14H13N/c1-11-5-2-3-8-14(11)13-7-4-6-12(9-13)10-15/h2-10,15H,1H3. The highest BCUT2D eigenvalue weighted by atomic mass is 14.3. The van der Waals surface area contributed by atoms with Crippen molar-refractivity contribution in [1.82, 2.24) is 0 Å². The third kappa shape index (κ3) is 1.96. The molecule has 0 radical (unpaired) electrons. The van der Waals surface area contributed by atoms with Crippen molar-refractivity contribution in [3.63, 3.8) is 0 Å². The minimum absolute atomic E-state index is 0.941. The van der Waals surface area contributed by atoms with Gasteiger partial charge in [-0.2, -0.15) is 0 Å². The first kappa shape index (κ1) is 9.66. The van der Waals surface area contributed by atoms with Crippen LogP contribution in [0.2, 0.25) is 0 Å². The van der Waals surface area contributed by atoms with Crippen molar-refractivity contribution in [1.29, 1.82) is 5.41 Å². The minimum atomic E-state index is 0.941. The molecule has 2 aromatic carbocycles. The molecule has 1 nitrogen and oxygen atoms in total. The van der Waals surface area contributed by atoms with Gasteiger partial charge in [-0.3, -0.25) is 0 Å². The Hall–Kier alpha value is -1.89. The van der Waals surface area contributed by atoms with Gasteiger partial charge in [0, 0.05) is 6.21 Å². The van der Waals surface area contributed by atoms with E-state index in [1.165, 1.54) is 22.9 Å². The fraction of sp³-hybridized carbons (Fsp3) is 0.0714. The monoisotopic (exact) mass is 195 g/mol. The van der Waals surface area contributed by atoms with Gasteiger partial charge >= 0.3 is 0 Å². The Balaban J connectivity index is 2.54. The lowest BCUT2D eigenvalue weighted by molar-refractivity contribution is 1.45. The van der Waals surface area contributed by atoms with Gasteiger partial charge in [0.25, 0.3) is 0 Å². The molecule has 0 aliphatic heterocycles. The van der Waals surface area contributed by atoms with Crippen LogP contribution in [0.3, 0.4) is 0 Å². The van der Waals surface area contributed by atoms with Gasteiger partial charge in [-0.1, -0.05) is 42.5 Å². The zero-order chi connectivity index (χ0) is 10.7. The molecule has 0 aliphatic rings. The Kier molecular flexibility index (Phi) is 2.64. The molecule has 2 rings (SSSR count). The van der Waals surface area contributed by atoms with E-state index in [1.54, 1.807) is 0 Å². The Bertz CT molecular complexity index is 486. The maximum absolute atomic E-state index is 7.23. The predicted octanol–water partition coefficient (Wildman–Crippen LogP) is 3.66. The predicted molar refractivity (Wildman–Crippen MR) is 64.5 cm³/mol. The largest absolute Gasteiger partial charge is 0.308 e. The zero-order valence-corrected chi connectivity index (χ0v) is 8.70. The lowest BCUT2D eigenvalue weighted by Gasteiger charge is -2.05. The van der Waals surface area contributed by atoms with E-state index in [4.69, 9.17) is 5.41 Å². The van der Waals surface area contributed by atoms with Gasteiger partial charge in [0.2, 0.25) is 0 Å². The molecule has 0 aromatic heterocycles. The number of rotatable bonds is 2. The fourth-order valence-electron chi connectivity index (χ4n) is 1.69. The maximum Gasteiger partial charge on any atom is 0.0250 e. The van der Waals surface area contributed by atoms with E-state index < -0.39 is 0 Å². The van der Waals surface area contributed by atoms with Crippen LogP contribution in [0, 0.1) is 12.3 Å². The first-order valence-corrected chi connectivity index (χ1v) is 4.98. The highest BCUT2D eigenvalue weighted by molar-refractivity contribution is 5.80. The van der Waals surface area contributed by atoms with Gasteiger partial charge in [-0.15, -0.1) is 0 Å². The average Bonchev–Trinajstić information content (AvgIpc) is 2.30. The third-order valence-corrected chi connectivity index (χ3v) is 2.51. The minimum Gasteiger partial charge on any atom is -0.308 e. The van der Waals surface area contributed by atoms with E-state index in [1.807, 2.05) is 30.3 Å². The summed E-state index contributed by atoms with van der Waals surface area (Å²) in [4.78, 5) is 0. The van der Waals surface area contributed by atoms with Crippen LogP contribution in [0.25, 0.3) is 11.1 Å². The molecule has 0 amide bonds. The molecule has 0 bridgehead atoms. The van der Waals surface area contributed by atoms with Crippen molar-refractivity contribution in [2.24, 2.45) is 0 Å². The molecule has 0 atom stereocenters. The molecule has 1 heteroatoms. The van der Waals surface area contributed by atoms with E-state index in [-0.39, 0.29) is 0 Å². The smallest absolute Gasteiger partial charge is 0.0250 e. The van der Waals surface area contributed by atoms with Gasteiger partial charge in [0.1, 0.15) is 0 Å². The zero-order valence-electron chi connectivity index (χ0n) is 8.70. The molecule has 1 N–H and O–H groups in total. The summed E-state index contributed by atoms with van der Waals surface area (Å²) in [5.41, 5.74) is 4.62. The number of benzene rings is 2. The second-order valence-corrected chi connectivity index (χ2v) is 3.58. The molecule has 2 aromatic rings. The van der Waals surface area contributed by atoms with Crippen molar-refractivity contribution in [3.8, 4) is 11.1 Å². The van der Waals surface area contributed by atoms with Gasteiger partial charge in [-0.25, -0.2) is 0 Å². The van der Waals surface area contributed by atoms with Gasteiger partial charge in [0.15, 0.2) is 0 Å². The first-order valence-electron chi connectivity index (χ1n) is 4.98. The second kappa shape index (κ2) is 4.09. The number of aryl methyl sites for hydroxylation is 1. The summed E-state index contributed by atoms with van der Waals surface area (Å²) in [6, 6.07) is 16.3. The summed E-state index contributed by atoms with van der Waals surface area (Å²) in [5, 5.41) is 7.23. The second-order valence-electron chi connectivity index (χ2n) is 3.58. The van der Waals surface area contributed by atoms with Crippen LogP contribution in [0.4, 0.5) is 0 Å². The lowest BCUT2D eigenvalue weighted by atomic mass is 9.99. The van der Waals surface area contributed by atoms with Crippen LogP contribution >= 0.6 is 0 Å². The molecule has 0 heterocycles. The normalized spacial score (nSPS) is 9.93. The first-order chi connectivity index (χ1) is 7.31. The fourth-order valence-corrected chi connectivity index (χ4v) is 1.69. The molecule has 0 unspecified atom stereocenters. The third-order valence-electron chi connectivity index (χ3n) is 2.51. The number of nitrogens with one attached hydrogen (secondary N) is 1. The van der Waals surface area contributed by atoms with Crippen molar-refractivity contribution in [2.75, 3.05) is 0 Å². The summed E-state index contributed by atoms with van der Waals surface area (Å²) >= 11 is 0. The molecule has 0 aliphatic carbocycles.